The highest BCUT2D eigenvalue weighted by molar-refractivity contribution is 6.31. The quantitative estimate of drug-likeness (QED) is 0.800. The zero-order valence-corrected chi connectivity index (χ0v) is 9.90. The maximum atomic E-state index is 13.1. The van der Waals surface area contributed by atoms with E-state index in [0.717, 1.165) is 12.1 Å². The molecule has 0 aliphatic carbocycles. The summed E-state index contributed by atoms with van der Waals surface area (Å²) in [6.45, 7) is -1.53. The van der Waals surface area contributed by atoms with Crippen LogP contribution in [0.25, 0.3) is 0 Å². The fraction of sp³-hybridized carbons (Fsp3) is 0.333. The van der Waals surface area contributed by atoms with E-state index in [0.29, 0.717) is 0 Å². The number of nitrogens with two attached hydrogens (primary N) is 1. The van der Waals surface area contributed by atoms with E-state index in [4.69, 9.17) is 22.4 Å². The lowest BCUT2D eigenvalue weighted by Crippen LogP contribution is -2.36. The number of aliphatic hydroxyl groups excluding tert-OH is 1. The Morgan fingerprint density at radius 1 is 1.41 bits per heavy atom. The van der Waals surface area contributed by atoms with Crippen molar-refractivity contribution in [1.82, 2.24) is 0 Å². The average molecular weight is 292 g/mol. The molecule has 0 saturated heterocycles. The molecule has 0 fully saturated rings. The lowest BCUT2D eigenvalue weighted by Gasteiger charge is -2.23. The zero-order valence-electron chi connectivity index (χ0n) is 8.33. The van der Waals surface area contributed by atoms with E-state index in [1.54, 1.807) is 0 Å². The second-order valence-electron chi connectivity index (χ2n) is 3.19. The predicted molar refractivity (Wildman–Crippen MR) is 59.3 cm³/mol. The molecule has 1 aromatic rings. The molecule has 1 rings (SSSR count). The van der Waals surface area contributed by atoms with Crippen molar-refractivity contribution in [2.45, 2.75) is 12.0 Å². The first-order valence-corrected chi connectivity index (χ1v) is 4.60. The van der Waals surface area contributed by atoms with E-state index < -0.39 is 35.7 Å². The fourth-order valence-corrected chi connectivity index (χ4v) is 1.43. The number of benzene rings is 1. The van der Waals surface area contributed by atoms with Gasteiger partial charge in [-0.15, -0.1) is 12.4 Å². The summed E-state index contributed by atoms with van der Waals surface area (Å²) in [5, 5.41) is 17.4. The third-order valence-electron chi connectivity index (χ3n) is 2.09. The average Bonchev–Trinajstić information content (AvgIpc) is 2.24. The van der Waals surface area contributed by atoms with Gasteiger partial charge in [0.2, 0.25) is 0 Å². The topological polar surface area (TPSA) is 66.5 Å². The molecule has 3 nitrogen and oxygen atoms in total. The maximum absolute atomic E-state index is 13.1. The molecule has 0 unspecified atom stereocenters. The number of rotatable bonds is 3. The number of alkyl halides is 2. The van der Waals surface area contributed by atoms with Crippen LogP contribution in [-0.4, -0.2) is 22.7 Å². The molecule has 0 saturated carbocycles. The largest absolute Gasteiger partial charge is 0.505 e. The highest BCUT2D eigenvalue weighted by Crippen LogP contribution is 2.39. The Morgan fingerprint density at radius 3 is 2.41 bits per heavy atom. The van der Waals surface area contributed by atoms with Crippen LogP contribution in [0.4, 0.5) is 13.2 Å². The minimum absolute atomic E-state index is 0. The molecule has 4 N–H and O–H groups in total. The summed E-state index contributed by atoms with van der Waals surface area (Å²) >= 11 is 5.54. The van der Waals surface area contributed by atoms with Gasteiger partial charge in [0.1, 0.15) is 12.6 Å². The molecule has 0 heterocycles. The lowest BCUT2D eigenvalue weighted by molar-refractivity contribution is -0.0716. The second kappa shape index (κ2) is 5.77. The number of phenols is 1. The summed E-state index contributed by atoms with van der Waals surface area (Å²) in [4.78, 5) is 0. The number of aliphatic hydroxyl groups is 1. The Morgan fingerprint density at radius 2 is 1.94 bits per heavy atom. The van der Waals surface area contributed by atoms with Gasteiger partial charge in [-0.3, -0.25) is 0 Å². The summed E-state index contributed by atoms with van der Waals surface area (Å²) in [6.07, 6.45) is 0. The van der Waals surface area contributed by atoms with Gasteiger partial charge in [0.05, 0.1) is 0 Å². The number of halogens is 5. The standard InChI is InChI=1S/C9H9ClF3NO2.ClH/c10-4-1-2-5(11)7(16)6(4)8(14)9(12,13)3-15;/h1-2,8,15-16H,3,14H2;1H/t8-;/m0./s1. The van der Waals surface area contributed by atoms with Crippen molar-refractivity contribution in [1.29, 1.82) is 0 Å². The monoisotopic (exact) mass is 291 g/mol. The second-order valence-corrected chi connectivity index (χ2v) is 3.60. The third-order valence-corrected chi connectivity index (χ3v) is 2.42. The van der Waals surface area contributed by atoms with E-state index >= 15 is 0 Å². The Labute approximate surface area is 106 Å². The molecule has 0 aliphatic heterocycles. The fourth-order valence-electron chi connectivity index (χ4n) is 1.16. The van der Waals surface area contributed by atoms with E-state index in [9.17, 15) is 18.3 Å². The molecule has 0 spiro atoms. The number of aromatic hydroxyl groups is 1. The first-order valence-electron chi connectivity index (χ1n) is 4.22. The van der Waals surface area contributed by atoms with E-state index in [2.05, 4.69) is 0 Å². The van der Waals surface area contributed by atoms with E-state index in [1.807, 2.05) is 0 Å². The van der Waals surface area contributed by atoms with Gasteiger partial charge in [0.15, 0.2) is 11.6 Å². The number of hydrogen-bond acceptors (Lipinski definition) is 3. The summed E-state index contributed by atoms with van der Waals surface area (Å²) in [5.74, 6) is -5.84. The van der Waals surface area contributed by atoms with Gasteiger partial charge in [0, 0.05) is 10.6 Å². The van der Waals surface area contributed by atoms with Crippen LogP contribution in [0, 0.1) is 5.82 Å². The summed E-state index contributed by atoms with van der Waals surface area (Å²) < 4.78 is 39.1. The van der Waals surface area contributed by atoms with E-state index in [1.165, 1.54) is 0 Å². The van der Waals surface area contributed by atoms with Crippen LogP contribution in [0.1, 0.15) is 11.6 Å². The molecule has 98 valence electrons. The molecule has 1 aromatic carbocycles. The Hall–Kier alpha value is -0.690. The Balaban J connectivity index is 0.00000256. The van der Waals surface area contributed by atoms with Gasteiger partial charge in [-0.05, 0) is 12.1 Å². The normalized spacial score (nSPS) is 13.1. The molecule has 0 aliphatic rings. The van der Waals surface area contributed by atoms with E-state index in [-0.39, 0.29) is 17.4 Å². The van der Waals surface area contributed by atoms with Gasteiger partial charge < -0.3 is 15.9 Å². The Kier molecular flexibility index (Phi) is 5.54. The smallest absolute Gasteiger partial charge is 0.289 e. The van der Waals surface area contributed by atoms with Crippen molar-refractivity contribution < 1.29 is 23.4 Å². The van der Waals surface area contributed by atoms with Gasteiger partial charge in [-0.2, -0.15) is 0 Å². The first-order chi connectivity index (χ1) is 7.31. The highest BCUT2D eigenvalue weighted by atomic mass is 35.5. The molecule has 0 radical (unpaired) electrons. The van der Waals surface area contributed by atoms with Crippen LogP contribution in [0.3, 0.4) is 0 Å². The minimum Gasteiger partial charge on any atom is -0.505 e. The molecular weight excluding hydrogens is 282 g/mol. The van der Waals surface area contributed by atoms with Crippen molar-refractivity contribution in [2.75, 3.05) is 6.61 Å². The lowest BCUT2D eigenvalue weighted by atomic mass is 10.0. The molecule has 1 atom stereocenters. The van der Waals surface area contributed by atoms with Gasteiger partial charge >= 0.3 is 0 Å². The summed E-state index contributed by atoms with van der Waals surface area (Å²) in [7, 11) is 0. The SMILES string of the molecule is Cl.N[C@@H](c1c(Cl)ccc(F)c1O)C(F)(F)CO. The molecule has 8 heteroatoms. The van der Waals surface area contributed by atoms with Crippen LogP contribution in [0.2, 0.25) is 5.02 Å². The van der Waals surface area contributed by atoms with Crippen molar-refractivity contribution in [3.05, 3.63) is 28.5 Å². The number of phenolic OH excluding ortho intramolecular Hbond substituents is 1. The summed E-state index contributed by atoms with van der Waals surface area (Å²) in [5.41, 5.74) is 4.51. The third kappa shape index (κ3) is 3.16. The Bertz CT molecular complexity index is 404. The van der Waals surface area contributed by atoms with Crippen LogP contribution in [-0.2, 0) is 0 Å². The van der Waals surface area contributed by atoms with Crippen LogP contribution in [0.15, 0.2) is 12.1 Å². The predicted octanol–water partition coefficient (Wildman–Crippen LogP) is 2.23. The molecule has 0 amide bonds. The maximum Gasteiger partial charge on any atom is 0.289 e. The molecule has 17 heavy (non-hydrogen) atoms. The molecule has 0 aromatic heterocycles. The van der Waals surface area contributed by atoms with Gasteiger partial charge in [-0.25, -0.2) is 13.2 Å². The van der Waals surface area contributed by atoms with Gasteiger partial charge in [-0.1, -0.05) is 11.6 Å². The molecule has 0 bridgehead atoms. The first kappa shape index (κ1) is 16.3. The van der Waals surface area contributed by atoms with Crippen LogP contribution < -0.4 is 5.73 Å². The zero-order chi connectivity index (χ0) is 12.5. The van der Waals surface area contributed by atoms with Crippen molar-refractivity contribution in [3.8, 4) is 5.75 Å². The highest BCUT2D eigenvalue weighted by Gasteiger charge is 2.40. The minimum atomic E-state index is -3.70. The van der Waals surface area contributed by atoms with Crippen molar-refractivity contribution >= 4 is 24.0 Å². The van der Waals surface area contributed by atoms with Gasteiger partial charge in [0.25, 0.3) is 5.92 Å². The van der Waals surface area contributed by atoms with Crippen LogP contribution in [0.5, 0.6) is 5.75 Å². The number of hydrogen-bond donors (Lipinski definition) is 3. The van der Waals surface area contributed by atoms with Crippen LogP contribution >= 0.6 is 24.0 Å². The molecular formula is C9H10Cl2F3NO2. The van der Waals surface area contributed by atoms with Crippen molar-refractivity contribution in [3.63, 3.8) is 0 Å². The summed E-state index contributed by atoms with van der Waals surface area (Å²) in [6, 6.07) is -0.259. The van der Waals surface area contributed by atoms with Crippen molar-refractivity contribution in [2.24, 2.45) is 5.73 Å².